The average molecular weight is 285 g/mol. The van der Waals surface area contributed by atoms with Crippen molar-refractivity contribution in [2.45, 2.75) is 33.2 Å². The van der Waals surface area contributed by atoms with Crippen LogP contribution in [0.25, 0.3) is 10.9 Å². The van der Waals surface area contributed by atoms with Crippen molar-refractivity contribution in [1.82, 2.24) is 10.3 Å². The van der Waals surface area contributed by atoms with E-state index in [0.717, 1.165) is 17.3 Å². The number of aromatic nitrogens is 1. The van der Waals surface area contributed by atoms with Crippen molar-refractivity contribution in [2.24, 2.45) is 11.1 Å². The molecule has 1 aromatic carbocycles. The molecule has 1 aromatic heterocycles. The van der Waals surface area contributed by atoms with Crippen molar-refractivity contribution in [2.75, 3.05) is 6.54 Å². The number of amides is 1. The molecule has 2 aromatic rings. The van der Waals surface area contributed by atoms with Crippen LogP contribution >= 0.6 is 0 Å². The van der Waals surface area contributed by atoms with Crippen LogP contribution in [-0.4, -0.2) is 23.5 Å². The third-order valence-corrected chi connectivity index (χ3v) is 3.23. The van der Waals surface area contributed by atoms with E-state index in [2.05, 4.69) is 31.1 Å². The van der Waals surface area contributed by atoms with Crippen LogP contribution < -0.4 is 11.1 Å². The van der Waals surface area contributed by atoms with E-state index in [1.807, 2.05) is 30.3 Å². The molecule has 21 heavy (non-hydrogen) atoms. The van der Waals surface area contributed by atoms with Gasteiger partial charge in [-0.05, 0) is 24.0 Å². The van der Waals surface area contributed by atoms with Gasteiger partial charge in [0, 0.05) is 18.0 Å². The number of carbonyl (C=O) groups excluding carboxylic acids is 1. The van der Waals surface area contributed by atoms with Gasteiger partial charge in [-0.15, -0.1) is 0 Å². The average Bonchev–Trinajstić information content (AvgIpc) is 2.42. The number of carbonyl (C=O) groups is 1. The zero-order valence-electron chi connectivity index (χ0n) is 12.9. The Bertz CT molecular complexity index is 631. The molecule has 2 rings (SSSR count). The molecule has 1 atom stereocenters. The second-order valence-electron chi connectivity index (χ2n) is 6.62. The van der Waals surface area contributed by atoms with Crippen LogP contribution in [0, 0.1) is 5.41 Å². The van der Waals surface area contributed by atoms with Gasteiger partial charge in [-0.1, -0.05) is 45.0 Å². The van der Waals surface area contributed by atoms with Crippen molar-refractivity contribution >= 4 is 16.8 Å². The topological polar surface area (TPSA) is 68.0 Å². The summed E-state index contributed by atoms with van der Waals surface area (Å²) in [6.45, 7) is 6.88. The van der Waals surface area contributed by atoms with Crippen molar-refractivity contribution in [1.29, 1.82) is 0 Å². The van der Waals surface area contributed by atoms with Gasteiger partial charge in [0.2, 0.25) is 0 Å². The summed E-state index contributed by atoms with van der Waals surface area (Å²) in [6, 6.07) is 11.3. The summed E-state index contributed by atoms with van der Waals surface area (Å²) in [5.74, 6) is -0.176. The highest BCUT2D eigenvalue weighted by Crippen LogP contribution is 2.19. The first-order valence-electron chi connectivity index (χ1n) is 7.25. The van der Waals surface area contributed by atoms with Crippen LogP contribution in [0.15, 0.2) is 36.4 Å². The fraction of sp³-hybridized carbons (Fsp3) is 0.412. The first kappa shape index (κ1) is 15.4. The van der Waals surface area contributed by atoms with Gasteiger partial charge in [0.1, 0.15) is 5.69 Å². The quantitative estimate of drug-likeness (QED) is 0.907. The number of rotatable bonds is 4. The summed E-state index contributed by atoms with van der Waals surface area (Å²) in [5.41, 5.74) is 7.45. The van der Waals surface area contributed by atoms with Crippen molar-refractivity contribution < 1.29 is 4.79 Å². The molecule has 1 unspecified atom stereocenters. The van der Waals surface area contributed by atoms with Crippen LogP contribution in [0.5, 0.6) is 0 Å². The predicted molar refractivity (Wildman–Crippen MR) is 86.1 cm³/mol. The number of nitrogens with zero attached hydrogens (tertiary/aromatic N) is 1. The summed E-state index contributed by atoms with van der Waals surface area (Å²) >= 11 is 0. The fourth-order valence-corrected chi connectivity index (χ4v) is 2.37. The standard InChI is InChI=1S/C17H23N3O/c1-17(2,3)10-13(18)11-19-16(21)15-9-8-12-6-4-5-7-14(12)20-15/h4-9,13H,10-11,18H2,1-3H3,(H,19,21). The lowest BCUT2D eigenvalue weighted by Gasteiger charge is -2.23. The first-order chi connectivity index (χ1) is 9.85. The smallest absolute Gasteiger partial charge is 0.269 e. The number of fused-ring (bicyclic) bond motifs is 1. The molecular formula is C17H23N3O. The Hall–Kier alpha value is -1.94. The van der Waals surface area contributed by atoms with E-state index in [0.29, 0.717) is 12.2 Å². The van der Waals surface area contributed by atoms with Crippen LogP contribution in [0.1, 0.15) is 37.7 Å². The Labute approximate surface area is 125 Å². The van der Waals surface area contributed by atoms with E-state index in [4.69, 9.17) is 5.73 Å². The van der Waals surface area contributed by atoms with E-state index < -0.39 is 0 Å². The van der Waals surface area contributed by atoms with Crippen molar-refractivity contribution in [3.63, 3.8) is 0 Å². The predicted octanol–water partition coefficient (Wildman–Crippen LogP) is 2.73. The van der Waals surface area contributed by atoms with Gasteiger partial charge >= 0.3 is 0 Å². The molecule has 3 N–H and O–H groups in total. The van der Waals surface area contributed by atoms with E-state index in [9.17, 15) is 4.79 Å². The van der Waals surface area contributed by atoms with E-state index >= 15 is 0 Å². The second-order valence-corrected chi connectivity index (χ2v) is 6.62. The SMILES string of the molecule is CC(C)(C)CC(N)CNC(=O)c1ccc2ccccc2n1. The number of pyridine rings is 1. The maximum atomic E-state index is 12.1. The molecule has 0 spiro atoms. The molecule has 0 saturated heterocycles. The molecule has 0 fully saturated rings. The number of hydrogen-bond acceptors (Lipinski definition) is 3. The lowest BCUT2D eigenvalue weighted by molar-refractivity contribution is 0.0944. The Morgan fingerprint density at radius 3 is 2.67 bits per heavy atom. The Morgan fingerprint density at radius 1 is 1.24 bits per heavy atom. The van der Waals surface area contributed by atoms with Crippen LogP contribution in [0.3, 0.4) is 0 Å². The summed E-state index contributed by atoms with van der Waals surface area (Å²) in [7, 11) is 0. The molecule has 4 heteroatoms. The summed E-state index contributed by atoms with van der Waals surface area (Å²) < 4.78 is 0. The van der Waals surface area contributed by atoms with E-state index in [1.165, 1.54) is 0 Å². The fourth-order valence-electron chi connectivity index (χ4n) is 2.37. The summed E-state index contributed by atoms with van der Waals surface area (Å²) in [6.07, 6.45) is 0.860. The number of hydrogen-bond donors (Lipinski definition) is 2. The molecule has 0 aliphatic carbocycles. The van der Waals surface area contributed by atoms with Crippen molar-refractivity contribution in [3.8, 4) is 0 Å². The number of nitrogens with one attached hydrogen (secondary N) is 1. The molecule has 0 radical (unpaired) electrons. The molecule has 1 heterocycles. The van der Waals surface area contributed by atoms with Gasteiger partial charge in [-0.2, -0.15) is 0 Å². The van der Waals surface area contributed by atoms with E-state index in [-0.39, 0.29) is 17.4 Å². The lowest BCUT2D eigenvalue weighted by atomic mass is 9.88. The molecule has 4 nitrogen and oxygen atoms in total. The van der Waals surface area contributed by atoms with Gasteiger partial charge in [0.15, 0.2) is 0 Å². The molecule has 112 valence electrons. The Morgan fingerprint density at radius 2 is 1.95 bits per heavy atom. The third kappa shape index (κ3) is 4.53. The van der Waals surface area contributed by atoms with Gasteiger partial charge in [-0.25, -0.2) is 4.98 Å². The molecular weight excluding hydrogens is 262 g/mol. The molecule has 0 aliphatic heterocycles. The normalized spacial score (nSPS) is 13.1. The number of benzene rings is 1. The van der Waals surface area contributed by atoms with E-state index in [1.54, 1.807) is 6.07 Å². The van der Waals surface area contributed by atoms with Gasteiger partial charge in [-0.3, -0.25) is 4.79 Å². The largest absolute Gasteiger partial charge is 0.349 e. The minimum atomic E-state index is -0.176. The minimum absolute atomic E-state index is 0.0468. The van der Waals surface area contributed by atoms with Crippen LogP contribution in [-0.2, 0) is 0 Å². The second kappa shape index (κ2) is 6.22. The molecule has 0 saturated carbocycles. The zero-order valence-corrected chi connectivity index (χ0v) is 12.9. The van der Waals surface area contributed by atoms with Gasteiger partial charge in [0.05, 0.1) is 5.52 Å². The first-order valence-corrected chi connectivity index (χ1v) is 7.25. The summed E-state index contributed by atoms with van der Waals surface area (Å²) in [5, 5.41) is 3.89. The van der Waals surface area contributed by atoms with Gasteiger partial charge in [0.25, 0.3) is 5.91 Å². The molecule has 0 aliphatic rings. The number of para-hydroxylation sites is 1. The lowest BCUT2D eigenvalue weighted by Crippen LogP contribution is -2.39. The minimum Gasteiger partial charge on any atom is -0.349 e. The highest BCUT2D eigenvalue weighted by atomic mass is 16.1. The maximum Gasteiger partial charge on any atom is 0.269 e. The Kier molecular flexibility index (Phi) is 4.58. The summed E-state index contributed by atoms with van der Waals surface area (Å²) in [4.78, 5) is 16.5. The van der Waals surface area contributed by atoms with Crippen LogP contribution in [0.2, 0.25) is 0 Å². The third-order valence-electron chi connectivity index (χ3n) is 3.23. The zero-order chi connectivity index (χ0) is 15.5. The van der Waals surface area contributed by atoms with Crippen molar-refractivity contribution in [3.05, 3.63) is 42.1 Å². The highest BCUT2D eigenvalue weighted by Gasteiger charge is 2.16. The van der Waals surface area contributed by atoms with Crippen LogP contribution in [0.4, 0.5) is 0 Å². The maximum absolute atomic E-state index is 12.1. The monoisotopic (exact) mass is 285 g/mol. The molecule has 0 bridgehead atoms. The highest BCUT2D eigenvalue weighted by molar-refractivity contribution is 5.94. The number of nitrogens with two attached hydrogens (primary N) is 1. The van der Waals surface area contributed by atoms with Gasteiger partial charge < -0.3 is 11.1 Å². The Balaban J connectivity index is 1.99. The molecule has 1 amide bonds.